The predicted molar refractivity (Wildman–Crippen MR) is 56.8 cm³/mol. The lowest BCUT2D eigenvalue weighted by Crippen LogP contribution is -2.13. The van der Waals surface area contributed by atoms with Crippen molar-refractivity contribution in [2.45, 2.75) is 4.90 Å². The highest BCUT2D eigenvalue weighted by Gasteiger charge is 2.18. The van der Waals surface area contributed by atoms with Crippen LogP contribution in [0.5, 0.6) is 0 Å². The molecule has 0 aliphatic carbocycles. The standard InChI is InChI=1S/C10H8O5S/c11-8(12)5-16-7-4-2-1-3-6(7)9(13)10(14)15/h1-4H,5H2,(H,11,12)(H,14,15). The summed E-state index contributed by atoms with van der Waals surface area (Å²) in [5.74, 6) is -3.83. The highest BCUT2D eigenvalue weighted by atomic mass is 32.2. The van der Waals surface area contributed by atoms with Crippen LogP contribution in [0.4, 0.5) is 0 Å². The molecule has 84 valence electrons. The van der Waals surface area contributed by atoms with Gasteiger partial charge in [-0.25, -0.2) is 4.79 Å². The van der Waals surface area contributed by atoms with Crippen molar-refractivity contribution in [2.24, 2.45) is 0 Å². The summed E-state index contributed by atoms with van der Waals surface area (Å²) >= 11 is 0.917. The molecule has 0 saturated heterocycles. The first-order chi connectivity index (χ1) is 7.52. The molecule has 1 rings (SSSR count). The number of carboxylic acids is 2. The van der Waals surface area contributed by atoms with E-state index in [2.05, 4.69) is 0 Å². The number of carbonyl (C=O) groups is 3. The molecular formula is C10H8O5S. The fourth-order valence-electron chi connectivity index (χ4n) is 1.03. The molecule has 0 atom stereocenters. The molecule has 6 heteroatoms. The number of rotatable bonds is 5. The van der Waals surface area contributed by atoms with Gasteiger partial charge in [-0.05, 0) is 12.1 Å². The third-order valence-electron chi connectivity index (χ3n) is 1.68. The summed E-state index contributed by atoms with van der Waals surface area (Å²) in [4.78, 5) is 32.5. The zero-order chi connectivity index (χ0) is 12.1. The molecule has 0 aliphatic heterocycles. The smallest absolute Gasteiger partial charge is 0.377 e. The van der Waals surface area contributed by atoms with Gasteiger partial charge in [-0.3, -0.25) is 9.59 Å². The third-order valence-corrected chi connectivity index (χ3v) is 2.74. The summed E-state index contributed by atoms with van der Waals surface area (Å²) < 4.78 is 0. The molecule has 0 spiro atoms. The molecule has 0 unspecified atom stereocenters. The number of aliphatic carboxylic acids is 2. The Morgan fingerprint density at radius 1 is 1.12 bits per heavy atom. The Bertz CT molecular complexity index is 441. The average Bonchev–Trinajstić information content (AvgIpc) is 2.25. The van der Waals surface area contributed by atoms with Crippen molar-refractivity contribution in [1.82, 2.24) is 0 Å². The van der Waals surface area contributed by atoms with Crippen LogP contribution in [0, 0.1) is 0 Å². The van der Waals surface area contributed by atoms with Gasteiger partial charge in [-0.15, -0.1) is 11.8 Å². The molecule has 2 N–H and O–H groups in total. The average molecular weight is 240 g/mol. The summed E-state index contributed by atoms with van der Waals surface area (Å²) in [6, 6.07) is 6.02. The van der Waals surface area contributed by atoms with Crippen LogP contribution < -0.4 is 0 Å². The molecular weight excluding hydrogens is 232 g/mol. The second-order valence-corrected chi connectivity index (χ2v) is 3.83. The maximum Gasteiger partial charge on any atom is 0.377 e. The number of ketones is 1. The van der Waals surface area contributed by atoms with Gasteiger partial charge in [-0.1, -0.05) is 12.1 Å². The second-order valence-electron chi connectivity index (χ2n) is 2.81. The van der Waals surface area contributed by atoms with Crippen molar-refractivity contribution in [2.75, 3.05) is 5.75 Å². The molecule has 0 radical (unpaired) electrons. The number of hydrogen-bond acceptors (Lipinski definition) is 4. The van der Waals surface area contributed by atoms with Gasteiger partial charge in [0.15, 0.2) is 0 Å². The minimum Gasteiger partial charge on any atom is -0.481 e. The number of hydrogen-bond donors (Lipinski definition) is 2. The predicted octanol–water partition coefficient (Wildman–Crippen LogP) is 1.13. The SMILES string of the molecule is O=C(O)CSc1ccccc1C(=O)C(=O)O. The van der Waals surface area contributed by atoms with Gasteiger partial charge in [0.05, 0.1) is 5.75 Å². The Morgan fingerprint density at radius 2 is 1.75 bits per heavy atom. The van der Waals surface area contributed by atoms with Crippen molar-refractivity contribution in [3.05, 3.63) is 29.8 Å². The highest BCUT2D eigenvalue weighted by molar-refractivity contribution is 8.00. The molecule has 0 heterocycles. The Balaban J connectivity index is 2.96. The van der Waals surface area contributed by atoms with E-state index in [1.54, 1.807) is 6.07 Å². The molecule has 0 aromatic heterocycles. The number of thioether (sulfide) groups is 1. The molecule has 16 heavy (non-hydrogen) atoms. The van der Waals surface area contributed by atoms with E-state index in [1.807, 2.05) is 0 Å². The fraction of sp³-hybridized carbons (Fsp3) is 0.100. The van der Waals surface area contributed by atoms with Crippen LogP contribution in [-0.4, -0.2) is 33.7 Å². The summed E-state index contributed by atoms with van der Waals surface area (Å²) in [7, 11) is 0. The van der Waals surface area contributed by atoms with Crippen LogP contribution in [-0.2, 0) is 9.59 Å². The van der Waals surface area contributed by atoms with Crippen molar-refractivity contribution >= 4 is 29.5 Å². The van der Waals surface area contributed by atoms with Crippen LogP contribution in [0.25, 0.3) is 0 Å². The van der Waals surface area contributed by atoms with Crippen molar-refractivity contribution in [1.29, 1.82) is 0 Å². The topological polar surface area (TPSA) is 91.7 Å². The first-order valence-electron chi connectivity index (χ1n) is 4.23. The Morgan fingerprint density at radius 3 is 2.31 bits per heavy atom. The number of carbonyl (C=O) groups excluding carboxylic acids is 1. The van der Waals surface area contributed by atoms with E-state index in [0.717, 1.165) is 11.8 Å². The normalized spacial score (nSPS) is 9.75. The molecule has 1 aromatic rings. The Labute approximate surface area is 95.1 Å². The van der Waals surface area contributed by atoms with E-state index in [9.17, 15) is 14.4 Å². The quantitative estimate of drug-likeness (QED) is 0.455. The Kier molecular flexibility index (Phi) is 4.07. The lowest BCUT2D eigenvalue weighted by atomic mass is 10.1. The van der Waals surface area contributed by atoms with Gasteiger partial charge in [0.2, 0.25) is 0 Å². The first kappa shape index (κ1) is 12.3. The van der Waals surface area contributed by atoms with E-state index in [4.69, 9.17) is 10.2 Å². The highest BCUT2D eigenvalue weighted by Crippen LogP contribution is 2.22. The van der Waals surface area contributed by atoms with E-state index in [0.29, 0.717) is 4.90 Å². The first-order valence-corrected chi connectivity index (χ1v) is 5.22. The molecule has 0 saturated carbocycles. The maximum atomic E-state index is 11.2. The third kappa shape index (κ3) is 3.09. The number of Topliss-reactive ketones (excluding diaryl/α,β-unsaturated/α-hetero) is 1. The van der Waals surface area contributed by atoms with Crippen LogP contribution in [0.1, 0.15) is 10.4 Å². The van der Waals surface area contributed by atoms with Crippen LogP contribution in [0.15, 0.2) is 29.2 Å². The van der Waals surface area contributed by atoms with E-state index in [-0.39, 0.29) is 11.3 Å². The number of benzene rings is 1. The summed E-state index contributed by atoms with van der Waals surface area (Å²) in [6.07, 6.45) is 0. The van der Waals surface area contributed by atoms with Gasteiger partial charge in [0.1, 0.15) is 0 Å². The van der Waals surface area contributed by atoms with E-state index < -0.39 is 17.7 Å². The lowest BCUT2D eigenvalue weighted by molar-refractivity contribution is -0.134. The number of carboxylic acid groups (broad SMARTS) is 2. The monoisotopic (exact) mass is 240 g/mol. The maximum absolute atomic E-state index is 11.2. The molecule has 0 fully saturated rings. The van der Waals surface area contributed by atoms with Gasteiger partial charge in [0.25, 0.3) is 5.78 Å². The van der Waals surface area contributed by atoms with Gasteiger partial charge in [-0.2, -0.15) is 0 Å². The molecule has 5 nitrogen and oxygen atoms in total. The summed E-state index contributed by atoms with van der Waals surface area (Å²) in [6.45, 7) is 0. The van der Waals surface area contributed by atoms with Gasteiger partial charge >= 0.3 is 11.9 Å². The van der Waals surface area contributed by atoms with E-state index >= 15 is 0 Å². The largest absolute Gasteiger partial charge is 0.481 e. The minimum absolute atomic E-state index is 0.0150. The van der Waals surface area contributed by atoms with Gasteiger partial charge in [0, 0.05) is 10.5 Å². The molecule has 0 bridgehead atoms. The van der Waals surface area contributed by atoms with Crippen LogP contribution in [0.3, 0.4) is 0 Å². The van der Waals surface area contributed by atoms with Gasteiger partial charge < -0.3 is 10.2 Å². The Hall–Kier alpha value is -1.82. The lowest BCUT2D eigenvalue weighted by Gasteiger charge is -2.04. The van der Waals surface area contributed by atoms with Crippen molar-refractivity contribution in [3.63, 3.8) is 0 Å². The minimum atomic E-state index is -1.55. The van der Waals surface area contributed by atoms with Crippen LogP contribution in [0.2, 0.25) is 0 Å². The van der Waals surface area contributed by atoms with E-state index in [1.165, 1.54) is 18.2 Å². The zero-order valence-corrected chi connectivity index (χ0v) is 8.86. The molecule has 0 amide bonds. The second kappa shape index (κ2) is 5.32. The zero-order valence-electron chi connectivity index (χ0n) is 8.04. The molecule has 1 aromatic carbocycles. The van der Waals surface area contributed by atoms with Crippen LogP contribution >= 0.6 is 11.8 Å². The molecule has 0 aliphatic rings. The summed E-state index contributed by atoms with van der Waals surface area (Å²) in [5.41, 5.74) is 0.0150. The summed E-state index contributed by atoms with van der Waals surface area (Å²) in [5, 5.41) is 17.1. The van der Waals surface area contributed by atoms with Crippen molar-refractivity contribution in [3.8, 4) is 0 Å². The van der Waals surface area contributed by atoms with Crippen molar-refractivity contribution < 1.29 is 24.6 Å². The fourth-order valence-corrected chi connectivity index (χ4v) is 1.80.